The third-order valence-electron chi connectivity index (χ3n) is 2.70. The van der Waals surface area contributed by atoms with Gasteiger partial charge < -0.3 is 16.2 Å². The number of carbonyl (C=O) groups is 1. The molecule has 0 aromatic rings. The highest BCUT2D eigenvalue weighted by molar-refractivity contribution is 5.82. The quantitative estimate of drug-likeness (QED) is 0.614. The van der Waals surface area contributed by atoms with Gasteiger partial charge in [-0.05, 0) is 27.2 Å². The Labute approximate surface area is 92.2 Å². The van der Waals surface area contributed by atoms with Gasteiger partial charge in [0.1, 0.15) is 0 Å². The van der Waals surface area contributed by atoms with Crippen molar-refractivity contribution in [3.05, 3.63) is 0 Å². The fourth-order valence-corrected chi connectivity index (χ4v) is 1.07. The molecule has 0 aromatic carbocycles. The highest BCUT2D eigenvalue weighted by Crippen LogP contribution is 2.09. The number of aliphatic hydroxyl groups excluding tert-OH is 1. The molecule has 0 spiro atoms. The first-order valence-corrected chi connectivity index (χ1v) is 5.57. The molecular formula is C11H24N2O2. The highest BCUT2D eigenvalue weighted by Gasteiger charge is 2.27. The van der Waals surface area contributed by atoms with Crippen molar-refractivity contribution in [1.82, 2.24) is 5.32 Å². The first kappa shape index (κ1) is 14.4. The van der Waals surface area contributed by atoms with Crippen LogP contribution in [0, 0.1) is 0 Å². The lowest BCUT2D eigenvalue weighted by Gasteiger charge is -2.30. The Morgan fingerprint density at radius 1 is 1.53 bits per heavy atom. The van der Waals surface area contributed by atoms with Gasteiger partial charge in [-0.2, -0.15) is 0 Å². The third-order valence-corrected chi connectivity index (χ3v) is 2.70. The van der Waals surface area contributed by atoms with E-state index in [-0.39, 0.29) is 5.91 Å². The van der Waals surface area contributed by atoms with Gasteiger partial charge in [0.2, 0.25) is 5.91 Å². The molecule has 0 saturated carbocycles. The zero-order chi connectivity index (χ0) is 12.1. The average Bonchev–Trinajstić information content (AvgIpc) is 2.13. The lowest BCUT2D eigenvalue weighted by atomic mass is 9.97. The molecule has 4 heteroatoms. The van der Waals surface area contributed by atoms with Crippen molar-refractivity contribution >= 4 is 5.91 Å². The van der Waals surface area contributed by atoms with Crippen molar-refractivity contribution in [1.29, 1.82) is 0 Å². The van der Waals surface area contributed by atoms with Crippen LogP contribution in [-0.2, 0) is 4.79 Å². The van der Waals surface area contributed by atoms with E-state index in [2.05, 4.69) is 12.2 Å². The molecular weight excluding hydrogens is 192 g/mol. The van der Waals surface area contributed by atoms with E-state index in [0.29, 0.717) is 6.42 Å². The number of carbonyl (C=O) groups excluding carboxylic acids is 1. The molecule has 0 aliphatic carbocycles. The molecule has 1 amide bonds. The lowest BCUT2D eigenvalue weighted by Crippen LogP contribution is -2.55. The predicted octanol–water partition coefficient (Wildman–Crippen LogP) is 0.779. The maximum absolute atomic E-state index is 11.6. The molecule has 0 saturated heterocycles. The Balaban J connectivity index is 4.12. The SMILES string of the molecule is CCCCC(N)C(=O)NC(C)(C)C(C)O. The van der Waals surface area contributed by atoms with Gasteiger partial charge in [0, 0.05) is 0 Å². The first-order valence-electron chi connectivity index (χ1n) is 5.57. The van der Waals surface area contributed by atoms with Crippen LogP contribution in [0.2, 0.25) is 0 Å². The Bertz CT molecular complexity index is 203. The van der Waals surface area contributed by atoms with Gasteiger partial charge in [0.25, 0.3) is 0 Å². The van der Waals surface area contributed by atoms with Crippen molar-refractivity contribution in [2.24, 2.45) is 5.73 Å². The predicted molar refractivity (Wildman–Crippen MR) is 61.4 cm³/mol. The van der Waals surface area contributed by atoms with Crippen LogP contribution in [0.25, 0.3) is 0 Å². The van der Waals surface area contributed by atoms with Crippen molar-refractivity contribution < 1.29 is 9.90 Å². The second-order valence-electron chi connectivity index (χ2n) is 4.64. The fourth-order valence-electron chi connectivity index (χ4n) is 1.07. The van der Waals surface area contributed by atoms with Gasteiger partial charge in [0.15, 0.2) is 0 Å². The molecule has 4 nitrogen and oxygen atoms in total. The molecule has 0 rings (SSSR count). The fraction of sp³-hybridized carbons (Fsp3) is 0.909. The van der Waals surface area contributed by atoms with Gasteiger partial charge in [-0.1, -0.05) is 19.8 Å². The Hall–Kier alpha value is -0.610. The van der Waals surface area contributed by atoms with E-state index in [1.807, 2.05) is 0 Å². The molecule has 0 aliphatic heterocycles. The van der Waals surface area contributed by atoms with Crippen LogP contribution in [0.15, 0.2) is 0 Å². The molecule has 2 unspecified atom stereocenters. The summed E-state index contributed by atoms with van der Waals surface area (Å²) in [6, 6.07) is -0.469. The molecule has 0 heterocycles. The highest BCUT2D eigenvalue weighted by atomic mass is 16.3. The number of nitrogens with two attached hydrogens (primary N) is 1. The summed E-state index contributed by atoms with van der Waals surface area (Å²) in [6.07, 6.45) is 2.07. The summed E-state index contributed by atoms with van der Waals surface area (Å²) < 4.78 is 0. The zero-order valence-electron chi connectivity index (χ0n) is 10.2. The monoisotopic (exact) mass is 216 g/mol. The molecule has 90 valence electrons. The van der Waals surface area contributed by atoms with E-state index in [1.54, 1.807) is 20.8 Å². The zero-order valence-corrected chi connectivity index (χ0v) is 10.2. The van der Waals surface area contributed by atoms with Crippen LogP contribution in [-0.4, -0.2) is 28.7 Å². The van der Waals surface area contributed by atoms with Crippen LogP contribution < -0.4 is 11.1 Å². The minimum absolute atomic E-state index is 0.186. The number of aliphatic hydroxyl groups is 1. The largest absolute Gasteiger partial charge is 0.391 e. The van der Waals surface area contributed by atoms with Gasteiger partial charge in [-0.3, -0.25) is 4.79 Å². The number of hydrogen-bond donors (Lipinski definition) is 3. The summed E-state index contributed by atoms with van der Waals surface area (Å²) in [4.78, 5) is 11.6. The van der Waals surface area contributed by atoms with E-state index < -0.39 is 17.7 Å². The minimum Gasteiger partial charge on any atom is -0.391 e. The van der Waals surface area contributed by atoms with Crippen LogP contribution >= 0.6 is 0 Å². The van der Waals surface area contributed by atoms with Crippen LogP contribution in [0.1, 0.15) is 47.0 Å². The molecule has 0 fully saturated rings. The Kier molecular flexibility index (Phi) is 5.83. The summed E-state index contributed by atoms with van der Waals surface area (Å²) in [5, 5.41) is 12.2. The summed E-state index contributed by atoms with van der Waals surface area (Å²) in [5.74, 6) is -0.186. The second kappa shape index (κ2) is 6.08. The van der Waals surface area contributed by atoms with Crippen molar-refractivity contribution in [2.45, 2.75) is 64.6 Å². The third kappa shape index (κ3) is 5.14. The minimum atomic E-state index is -0.624. The maximum Gasteiger partial charge on any atom is 0.237 e. The number of unbranched alkanes of at least 4 members (excludes halogenated alkanes) is 1. The molecule has 0 aliphatic rings. The molecule has 4 N–H and O–H groups in total. The molecule has 0 bridgehead atoms. The number of nitrogens with one attached hydrogen (secondary N) is 1. The van der Waals surface area contributed by atoms with E-state index in [0.717, 1.165) is 12.8 Å². The molecule has 0 radical (unpaired) electrons. The van der Waals surface area contributed by atoms with Crippen LogP contribution in [0.3, 0.4) is 0 Å². The van der Waals surface area contributed by atoms with Crippen molar-refractivity contribution in [2.75, 3.05) is 0 Å². The summed E-state index contributed by atoms with van der Waals surface area (Å²) in [5.41, 5.74) is 5.09. The number of hydrogen-bond acceptors (Lipinski definition) is 3. The van der Waals surface area contributed by atoms with Gasteiger partial charge in [-0.15, -0.1) is 0 Å². The summed E-state index contributed by atoms with van der Waals surface area (Å²) in [7, 11) is 0. The summed E-state index contributed by atoms with van der Waals surface area (Å²) in [6.45, 7) is 7.27. The Morgan fingerprint density at radius 3 is 2.47 bits per heavy atom. The topological polar surface area (TPSA) is 75.4 Å². The normalized spacial score (nSPS) is 15.9. The average molecular weight is 216 g/mol. The smallest absolute Gasteiger partial charge is 0.237 e. The standard InChI is InChI=1S/C11H24N2O2/c1-5-6-7-9(12)10(15)13-11(3,4)8(2)14/h8-9,14H,5-7,12H2,1-4H3,(H,13,15). The maximum atomic E-state index is 11.6. The first-order chi connectivity index (χ1) is 6.81. The van der Waals surface area contributed by atoms with E-state index in [9.17, 15) is 9.90 Å². The molecule has 0 aromatic heterocycles. The van der Waals surface area contributed by atoms with Gasteiger partial charge in [-0.25, -0.2) is 0 Å². The van der Waals surface area contributed by atoms with E-state index in [1.165, 1.54) is 0 Å². The summed E-state index contributed by atoms with van der Waals surface area (Å²) >= 11 is 0. The number of rotatable bonds is 6. The van der Waals surface area contributed by atoms with Crippen molar-refractivity contribution in [3.8, 4) is 0 Å². The van der Waals surface area contributed by atoms with Crippen molar-refractivity contribution in [3.63, 3.8) is 0 Å². The Morgan fingerprint density at radius 2 is 2.07 bits per heavy atom. The van der Waals surface area contributed by atoms with Gasteiger partial charge >= 0.3 is 0 Å². The van der Waals surface area contributed by atoms with Crippen LogP contribution in [0.4, 0.5) is 0 Å². The van der Waals surface area contributed by atoms with Crippen LogP contribution in [0.5, 0.6) is 0 Å². The second-order valence-corrected chi connectivity index (χ2v) is 4.64. The molecule has 15 heavy (non-hydrogen) atoms. The molecule has 2 atom stereocenters. The lowest BCUT2D eigenvalue weighted by molar-refractivity contribution is -0.125. The van der Waals surface area contributed by atoms with E-state index in [4.69, 9.17) is 5.73 Å². The van der Waals surface area contributed by atoms with E-state index >= 15 is 0 Å². The number of amides is 1. The van der Waals surface area contributed by atoms with Gasteiger partial charge in [0.05, 0.1) is 17.7 Å².